The molecule has 8 nitrogen and oxygen atoms in total. The number of fused-ring (bicyclic) bond motifs is 1. The molecule has 0 unspecified atom stereocenters. The van der Waals surface area contributed by atoms with Gasteiger partial charge < -0.3 is 25.0 Å². The highest BCUT2D eigenvalue weighted by Gasteiger charge is 2.24. The van der Waals surface area contributed by atoms with Crippen LogP contribution in [0.2, 0.25) is 0 Å². The number of methoxy groups -OCH3 is 2. The van der Waals surface area contributed by atoms with Crippen molar-refractivity contribution >= 4 is 17.7 Å². The van der Waals surface area contributed by atoms with Crippen molar-refractivity contribution in [3.05, 3.63) is 35.0 Å². The molecular weight excluding hydrogens is 442 g/mol. The molecule has 0 aliphatic heterocycles. The van der Waals surface area contributed by atoms with Crippen molar-refractivity contribution < 1.29 is 14.3 Å². The third-order valence-corrected chi connectivity index (χ3v) is 7.19. The van der Waals surface area contributed by atoms with Gasteiger partial charge in [0.25, 0.3) is 0 Å². The van der Waals surface area contributed by atoms with Gasteiger partial charge in [0.1, 0.15) is 17.3 Å². The molecule has 0 spiro atoms. The van der Waals surface area contributed by atoms with Crippen LogP contribution in [0.15, 0.2) is 18.2 Å². The van der Waals surface area contributed by atoms with E-state index in [1.165, 1.54) is 24.1 Å². The van der Waals surface area contributed by atoms with Crippen LogP contribution >= 0.6 is 0 Å². The fourth-order valence-corrected chi connectivity index (χ4v) is 5.22. The number of hydrogen-bond acceptors (Lipinski definition) is 7. The number of aryl methyl sites for hydroxylation is 1. The van der Waals surface area contributed by atoms with Gasteiger partial charge in [0.05, 0.1) is 26.3 Å². The normalized spacial score (nSPS) is 19.4. The van der Waals surface area contributed by atoms with E-state index in [0.29, 0.717) is 24.3 Å². The third kappa shape index (κ3) is 6.35. The minimum Gasteiger partial charge on any atom is -0.497 e. The minimum absolute atomic E-state index is 0.00970. The average molecular weight is 482 g/mol. The van der Waals surface area contributed by atoms with Gasteiger partial charge in [0.2, 0.25) is 11.9 Å². The second-order valence-electron chi connectivity index (χ2n) is 9.92. The van der Waals surface area contributed by atoms with Crippen LogP contribution in [0.3, 0.4) is 0 Å². The lowest BCUT2D eigenvalue weighted by atomic mass is 9.86. The first-order valence-corrected chi connectivity index (χ1v) is 12.8. The fourth-order valence-electron chi connectivity index (χ4n) is 5.22. The van der Waals surface area contributed by atoms with E-state index in [1.54, 1.807) is 14.2 Å². The maximum atomic E-state index is 12.6. The number of benzene rings is 1. The Kier molecular flexibility index (Phi) is 8.31. The molecule has 0 saturated heterocycles. The van der Waals surface area contributed by atoms with Gasteiger partial charge in [-0.2, -0.15) is 4.98 Å². The first-order chi connectivity index (χ1) is 17.0. The topological polar surface area (TPSA) is 88.6 Å². The van der Waals surface area contributed by atoms with Gasteiger partial charge in [0.15, 0.2) is 0 Å². The lowest BCUT2D eigenvalue weighted by Crippen LogP contribution is -2.35. The summed E-state index contributed by atoms with van der Waals surface area (Å²) >= 11 is 0. The van der Waals surface area contributed by atoms with Crippen molar-refractivity contribution in [3.63, 3.8) is 0 Å². The Balaban J connectivity index is 1.26. The third-order valence-electron chi connectivity index (χ3n) is 7.19. The molecule has 0 atom stereocenters. The Morgan fingerprint density at radius 3 is 2.54 bits per heavy atom. The fraction of sp³-hybridized carbons (Fsp3) is 0.593. The molecule has 1 saturated carbocycles. The molecule has 2 N–H and O–H groups in total. The number of anilines is 2. The van der Waals surface area contributed by atoms with E-state index in [2.05, 4.69) is 29.6 Å². The lowest BCUT2D eigenvalue weighted by molar-refractivity contribution is -0.120. The molecule has 8 heteroatoms. The van der Waals surface area contributed by atoms with E-state index in [0.717, 1.165) is 61.6 Å². The summed E-state index contributed by atoms with van der Waals surface area (Å²) in [6, 6.07) is 5.91. The molecule has 2 aromatic rings. The van der Waals surface area contributed by atoms with Gasteiger partial charge >= 0.3 is 0 Å². The van der Waals surface area contributed by atoms with Crippen LogP contribution in [-0.4, -0.2) is 56.8 Å². The molecule has 1 fully saturated rings. The number of carbonyl (C=O) groups is 1. The summed E-state index contributed by atoms with van der Waals surface area (Å²) < 4.78 is 10.7. The number of rotatable bonds is 9. The smallest absolute Gasteiger partial charge is 0.225 e. The van der Waals surface area contributed by atoms with E-state index in [9.17, 15) is 4.79 Å². The highest BCUT2D eigenvalue weighted by Crippen LogP contribution is 2.30. The molecular formula is C27H39N5O3. The zero-order chi connectivity index (χ0) is 24.8. The summed E-state index contributed by atoms with van der Waals surface area (Å²) in [5.41, 5.74) is 3.36. The largest absolute Gasteiger partial charge is 0.497 e. The molecule has 2 aliphatic rings. The second-order valence-corrected chi connectivity index (χ2v) is 9.92. The van der Waals surface area contributed by atoms with Gasteiger partial charge in [-0.25, -0.2) is 4.98 Å². The number of ether oxygens (including phenoxy) is 2. The minimum atomic E-state index is 0.00970. The highest BCUT2D eigenvalue weighted by atomic mass is 16.5. The summed E-state index contributed by atoms with van der Waals surface area (Å²) in [5, 5.41) is 6.73. The molecule has 2 aliphatic carbocycles. The van der Waals surface area contributed by atoms with Gasteiger partial charge in [-0.05, 0) is 75.5 Å². The number of aromatic nitrogens is 2. The maximum absolute atomic E-state index is 12.6. The maximum Gasteiger partial charge on any atom is 0.225 e. The first-order valence-electron chi connectivity index (χ1n) is 12.8. The Labute approximate surface area is 208 Å². The molecule has 1 heterocycles. The SMILES string of the molecule is COc1ccc(OC)c(CC(=O)NC[C@H]2CC[C@@H](Nc3nc4c(c(N(C)C)n3)CCCC4)CC2)c1. The van der Waals surface area contributed by atoms with Crippen LogP contribution in [-0.2, 0) is 24.1 Å². The Hall–Kier alpha value is -3.03. The number of hydrogen-bond donors (Lipinski definition) is 2. The van der Waals surface area contributed by atoms with E-state index in [-0.39, 0.29) is 12.3 Å². The highest BCUT2D eigenvalue weighted by molar-refractivity contribution is 5.79. The van der Waals surface area contributed by atoms with Gasteiger partial charge in [0, 0.05) is 37.8 Å². The van der Waals surface area contributed by atoms with E-state index < -0.39 is 0 Å². The molecule has 0 radical (unpaired) electrons. The van der Waals surface area contributed by atoms with Gasteiger partial charge in [-0.1, -0.05) is 0 Å². The van der Waals surface area contributed by atoms with Crippen molar-refractivity contribution in [1.29, 1.82) is 0 Å². The molecule has 4 rings (SSSR count). The van der Waals surface area contributed by atoms with Crippen molar-refractivity contribution in [1.82, 2.24) is 15.3 Å². The molecule has 1 aromatic carbocycles. The molecule has 35 heavy (non-hydrogen) atoms. The summed E-state index contributed by atoms with van der Waals surface area (Å²) in [5.74, 6) is 3.75. The lowest BCUT2D eigenvalue weighted by Gasteiger charge is -2.30. The van der Waals surface area contributed by atoms with Crippen molar-refractivity contribution in [2.45, 2.75) is 63.8 Å². The molecule has 190 valence electrons. The van der Waals surface area contributed by atoms with Crippen LogP contribution < -0.4 is 25.0 Å². The Bertz CT molecular complexity index is 1020. The van der Waals surface area contributed by atoms with E-state index in [4.69, 9.17) is 19.4 Å². The first kappa shape index (κ1) is 25.1. The number of amides is 1. The number of carbonyl (C=O) groups excluding carboxylic acids is 1. The zero-order valence-corrected chi connectivity index (χ0v) is 21.5. The predicted molar refractivity (Wildman–Crippen MR) is 139 cm³/mol. The summed E-state index contributed by atoms with van der Waals surface area (Å²) in [6.07, 6.45) is 9.09. The summed E-state index contributed by atoms with van der Waals surface area (Å²) in [4.78, 5) is 24.4. The van der Waals surface area contributed by atoms with Gasteiger partial charge in [-0.15, -0.1) is 0 Å². The van der Waals surface area contributed by atoms with Crippen molar-refractivity contribution in [3.8, 4) is 11.5 Å². The van der Waals surface area contributed by atoms with Crippen LogP contribution in [0.4, 0.5) is 11.8 Å². The zero-order valence-electron chi connectivity index (χ0n) is 21.5. The van der Waals surface area contributed by atoms with E-state index in [1.807, 2.05) is 18.2 Å². The molecule has 1 amide bonds. The summed E-state index contributed by atoms with van der Waals surface area (Å²) in [6.45, 7) is 0.706. The number of nitrogens with one attached hydrogen (secondary N) is 2. The van der Waals surface area contributed by atoms with E-state index >= 15 is 0 Å². The van der Waals surface area contributed by atoms with Crippen LogP contribution in [0, 0.1) is 5.92 Å². The van der Waals surface area contributed by atoms with Crippen LogP contribution in [0.5, 0.6) is 11.5 Å². The quantitative estimate of drug-likeness (QED) is 0.564. The standard InChI is InChI=1S/C27H39N5O3/c1-32(2)26-22-7-5-6-8-23(22)30-27(31-26)29-20-11-9-18(10-12-20)17-28-25(33)16-19-15-21(34-3)13-14-24(19)35-4/h13-15,18,20H,5-12,16-17H2,1-4H3,(H,28,33)(H,29,30,31)/t18-,20+. The monoisotopic (exact) mass is 481 g/mol. The van der Waals surface area contributed by atoms with Crippen molar-refractivity contribution in [2.24, 2.45) is 5.92 Å². The second kappa shape index (κ2) is 11.6. The molecule has 0 bridgehead atoms. The Morgan fingerprint density at radius 1 is 1.06 bits per heavy atom. The number of nitrogens with zero attached hydrogens (tertiary/aromatic N) is 3. The summed E-state index contributed by atoms with van der Waals surface area (Å²) in [7, 11) is 7.36. The van der Waals surface area contributed by atoms with Crippen LogP contribution in [0.25, 0.3) is 0 Å². The van der Waals surface area contributed by atoms with Crippen LogP contribution in [0.1, 0.15) is 55.3 Å². The predicted octanol–water partition coefficient (Wildman–Crippen LogP) is 3.77. The Morgan fingerprint density at radius 2 is 1.83 bits per heavy atom. The van der Waals surface area contributed by atoms with Gasteiger partial charge in [-0.3, -0.25) is 4.79 Å². The molecule has 1 aromatic heterocycles. The van der Waals surface area contributed by atoms with Crippen molar-refractivity contribution in [2.75, 3.05) is 45.1 Å². The average Bonchev–Trinajstić information content (AvgIpc) is 2.87.